The zero-order chi connectivity index (χ0) is 19.4. The molecule has 1 aromatic heterocycles. The molecule has 3 rings (SSSR count). The first-order chi connectivity index (χ1) is 12.8. The van der Waals surface area contributed by atoms with Gasteiger partial charge in [-0.2, -0.15) is 14.9 Å². The fourth-order valence-electron chi connectivity index (χ4n) is 2.41. The Morgan fingerprint density at radius 2 is 1.81 bits per heavy atom. The van der Waals surface area contributed by atoms with Crippen molar-refractivity contribution in [3.63, 3.8) is 0 Å². The number of nitrogens with one attached hydrogen (secondary N) is 1. The third-order valence-corrected chi connectivity index (χ3v) is 4.51. The maximum Gasteiger partial charge on any atom is 0.216 e. The van der Waals surface area contributed by atoms with Crippen LogP contribution >= 0.6 is 23.8 Å². The van der Waals surface area contributed by atoms with Gasteiger partial charge in [0, 0.05) is 5.02 Å². The van der Waals surface area contributed by atoms with Crippen LogP contribution in [-0.4, -0.2) is 21.1 Å². The molecule has 7 heteroatoms. The van der Waals surface area contributed by atoms with E-state index in [0.717, 1.165) is 11.3 Å². The number of nitrogens with zero attached hydrogens (tertiary/aromatic N) is 3. The molecule has 0 aliphatic heterocycles. The standard InChI is InChI=1S/C20H21ClN4OS/c1-20(2,3)15-6-10-17(11-7-15)26-13-18-23-24-19(27)25(18)22-12-14-4-8-16(21)9-5-14/h4-12H,13H2,1-3H3,(H,24,27)/b22-12-. The van der Waals surface area contributed by atoms with E-state index in [0.29, 0.717) is 15.6 Å². The first-order valence-electron chi connectivity index (χ1n) is 8.52. The normalized spacial score (nSPS) is 11.9. The van der Waals surface area contributed by atoms with Gasteiger partial charge in [0.1, 0.15) is 12.4 Å². The number of hydrogen-bond donors (Lipinski definition) is 1. The highest BCUT2D eigenvalue weighted by Crippen LogP contribution is 2.24. The molecule has 0 unspecified atom stereocenters. The second-order valence-electron chi connectivity index (χ2n) is 7.12. The lowest BCUT2D eigenvalue weighted by Gasteiger charge is -2.19. The van der Waals surface area contributed by atoms with E-state index in [2.05, 4.69) is 48.2 Å². The molecule has 0 radical (unpaired) electrons. The van der Waals surface area contributed by atoms with Crippen molar-refractivity contribution in [3.05, 3.63) is 75.3 Å². The van der Waals surface area contributed by atoms with E-state index >= 15 is 0 Å². The van der Waals surface area contributed by atoms with Gasteiger partial charge in [0.25, 0.3) is 0 Å². The van der Waals surface area contributed by atoms with Gasteiger partial charge in [0.15, 0.2) is 5.82 Å². The summed E-state index contributed by atoms with van der Waals surface area (Å²) in [6.45, 7) is 6.79. The number of rotatable bonds is 5. The molecule has 0 amide bonds. The Labute approximate surface area is 168 Å². The van der Waals surface area contributed by atoms with Gasteiger partial charge in [0.05, 0.1) is 6.21 Å². The van der Waals surface area contributed by atoms with Crippen molar-refractivity contribution < 1.29 is 4.74 Å². The molecule has 27 heavy (non-hydrogen) atoms. The quantitative estimate of drug-likeness (QED) is 0.463. The van der Waals surface area contributed by atoms with E-state index < -0.39 is 0 Å². The van der Waals surface area contributed by atoms with E-state index in [9.17, 15) is 0 Å². The van der Waals surface area contributed by atoms with Crippen LogP contribution in [0.15, 0.2) is 53.6 Å². The summed E-state index contributed by atoms with van der Waals surface area (Å²) in [5.41, 5.74) is 2.27. The Bertz CT molecular complexity index is 983. The zero-order valence-electron chi connectivity index (χ0n) is 15.4. The van der Waals surface area contributed by atoms with Gasteiger partial charge in [0.2, 0.25) is 4.77 Å². The Morgan fingerprint density at radius 1 is 1.15 bits per heavy atom. The van der Waals surface area contributed by atoms with Crippen molar-refractivity contribution in [1.82, 2.24) is 14.9 Å². The van der Waals surface area contributed by atoms with Crippen molar-refractivity contribution in [2.24, 2.45) is 5.10 Å². The van der Waals surface area contributed by atoms with E-state index in [4.69, 9.17) is 28.6 Å². The topological polar surface area (TPSA) is 55.2 Å². The molecule has 140 valence electrons. The number of aromatic nitrogens is 3. The summed E-state index contributed by atoms with van der Waals surface area (Å²) in [6.07, 6.45) is 1.70. The van der Waals surface area contributed by atoms with Crippen LogP contribution in [0.3, 0.4) is 0 Å². The summed E-state index contributed by atoms with van der Waals surface area (Å²) in [7, 11) is 0. The van der Waals surface area contributed by atoms with Gasteiger partial charge in [-0.25, -0.2) is 5.10 Å². The third-order valence-electron chi connectivity index (χ3n) is 4.00. The Kier molecular flexibility index (Phi) is 5.77. The van der Waals surface area contributed by atoms with Crippen LogP contribution in [0.2, 0.25) is 5.02 Å². The highest BCUT2D eigenvalue weighted by atomic mass is 35.5. The van der Waals surface area contributed by atoms with Gasteiger partial charge in [-0.1, -0.05) is 56.6 Å². The molecule has 3 aromatic rings. The van der Waals surface area contributed by atoms with Crippen LogP contribution < -0.4 is 4.74 Å². The molecule has 0 aliphatic rings. The summed E-state index contributed by atoms with van der Waals surface area (Å²) in [4.78, 5) is 0. The maximum absolute atomic E-state index is 5.90. The summed E-state index contributed by atoms with van der Waals surface area (Å²) in [5, 5.41) is 12.0. The average molecular weight is 401 g/mol. The van der Waals surface area contributed by atoms with Crippen molar-refractivity contribution in [3.8, 4) is 5.75 Å². The molecule has 0 atom stereocenters. The third kappa shape index (κ3) is 5.05. The second-order valence-corrected chi connectivity index (χ2v) is 7.94. The van der Waals surface area contributed by atoms with Crippen molar-refractivity contribution >= 4 is 30.0 Å². The summed E-state index contributed by atoms with van der Waals surface area (Å²) >= 11 is 11.2. The molecule has 0 spiro atoms. The molecule has 0 fully saturated rings. The van der Waals surface area contributed by atoms with E-state index in [-0.39, 0.29) is 12.0 Å². The fourth-order valence-corrected chi connectivity index (χ4v) is 2.73. The van der Waals surface area contributed by atoms with Crippen LogP contribution in [0.4, 0.5) is 0 Å². The molecule has 0 saturated heterocycles. The summed E-state index contributed by atoms with van der Waals surface area (Å²) in [5.74, 6) is 1.36. The molecule has 0 aliphatic carbocycles. The lowest BCUT2D eigenvalue weighted by Crippen LogP contribution is -2.10. The molecule has 0 bridgehead atoms. The number of aromatic amines is 1. The minimum absolute atomic E-state index is 0.108. The fraction of sp³-hybridized carbons (Fsp3) is 0.250. The lowest BCUT2D eigenvalue weighted by atomic mass is 9.87. The van der Waals surface area contributed by atoms with Crippen LogP contribution in [0.1, 0.15) is 37.7 Å². The van der Waals surface area contributed by atoms with Crippen LogP contribution in [0, 0.1) is 4.77 Å². The monoisotopic (exact) mass is 400 g/mol. The van der Waals surface area contributed by atoms with Gasteiger partial charge in [-0.3, -0.25) is 0 Å². The van der Waals surface area contributed by atoms with Crippen molar-refractivity contribution in [2.75, 3.05) is 0 Å². The Morgan fingerprint density at radius 3 is 2.44 bits per heavy atom. The maximum atomic E-state index is 5.90. The summed E-state index contributed by atoms with van der Waals surface area (Å²) < 4.78 is 7.79. The number of benzene rings is 2. The highest BCUT2D eigenvalue weighted by Gasteiger charge is 2.13. The van der Waals surface area contributed by atoms with Crippen molar-refractivity contribution in [1.29, 1.82) is 0 Å². The number of ether oxygens (including phenoxy) is 1. The molecule has 0 saturated carbocycles. The molecule has 2 aromatic carbocycles. The predicted molar refractivity (Wildman–Crippen MR) is 111 cm³/mol. The van der Waals surface area contributed by atoms with Gasteiger partial charge >= 0.3 is 0 Å². The molecular weight excluding hydrogens is 380 g/mol. The number of H-pyrrole nitrogens is 1. The van der Waals surface area contributed by atoms with Gasteiger partial charge in [-0.05, 0) is 53.0 Å². The second kappa shape index (κ2) is 8.06. The SMILES string of the molecule is CC(C)(C)c1ccc(OCc2n[nH]c(=S)n2/N=C\c2ccc(Cl)cc2)cc1. The molecule has 1 N–H and O–H groups in total. The summed E-state index contributed by atoms with van der Waals surface area (Å²) in [6, 6.07) is 15.4. The van der Waals surface area contributed by atoms with Crippen LogP contribution in [0.25, 0.3) is 0 Å². The molecular formula is C20H21ClN4OS. The predicted octanol–water partition coefficient (Wildman–Crippen LogP) is 5.35. The Hall–Kier alpha value is -2.44. The van der Waals surface area contributed by atoms with E-state index in [1.807, 2.05) is 36.4 Å². The van der Waals surface area contributed by atoms with Crippen molar-refractivity contribution in [2.45, 2.75) is 32.8 Å². The molecule has 1 heterocycles. The van der Waals surface area contributed by atoms with E-state index in [1.54, 1.807) is 10.9 Å². The van der Waals surface area contributed by atoms with E-state index in [1.165, 1.54) is 5.56 Å². The Balaban J connectivity index is 1.71. The van der Waals surface area contributed by atoms with Gasteiger partial charge in [-0.15, -0.1) is 0 Å². The first kappa shape index (κ1) is 19.3. The number of hydrogen-bond acceptors (Lipinski definition) is 4. The largest absolute Gasteiger partial charge is 0.486 e. The average Bonchev–Trinajstić information content (AvgIpc) is 2.99. The van der Waals surface area contributed by atoms with Crippen LogP contribution in [0.5, 0.6) is 5.75 Å². The van der Waals surface area contributed by atoms with Gasteiger partial charge < -0.3 is 4.74 Å². The highest BCUT2D eigenvalue weighted by molar-refractivity contribution is 7.71. The lowest BCUT2D eigenvalue weighted by molar-refractivity contribution is 0.290. The molecule has 5 nitrogen and oxygen atoms in total. The minimum atomic E-state index is 0.108. The number of halogens is 1. The first-order valence-corrected chi connectivity index (χ1v) is 9.31. The minimum Gasteiger partial charge on any atom is -0.486 e. The van der Waals surface area contributed by atoms with Crippen LogP contribution in [-0.2, 0) is 12.0 Å². The zero-order valence-corrected chi connectivity index (χ0v) is 17.0. The smallest absolute Gasteiger partial charge is 0.216 e.